The summed E-state index contributed by atoms with van der Waals surface area (Å²) < 4.78 is 21.2. The first-order valence-corrected chi connectivity index (χ1v) is 9.00. The Morgan fingerprint density at radius 1 is 1.19 bits per heavy atom. The lowest BCUT2D eigenvalue weighted by Crippen LogP contribution is -2.38. The number of carbonyl (C=O) groups is 1. The Morgan fingerprint density at radius 3 is 2.62 bits per heavy atom. The van der Waals surface area contributed by atoms with Crippen molar-refractivity contribution >= 4 is 5.97 Å². The van der Waals surface area contributed by atoms with Gasteiger partial charge in [-0.1, -0.05) is 24.6 Å². The van der Waals surface area contributed by atoms with Gasteiger partial charge in [0.2, 0.25) is 5.89 Å². The van der Waals surface area contributed by atoms with Gasteiger partial charge < -0.3 is 18.6 Å². The van der Waals surface area contributed by atoms with Crippen LogP contribution in [0.2, 0.25) is 0 Å². The van der Waals surface area contributed by atoms with Crippen LogP contribution in [-0.4, -0.2) is 37.6 Å². The first-order valence-electron chi connectivity index (χ1n) is 9.00. The molecule has 1 aliphatic rings. The monoisotopic (exact) mass is 359 g/mol. The standard InChI is InChI=1S/C20H25NO5/c1-14-17(21-18(26-14)16-9-4-3-5-10-16)11-7-6-8-15-12-24-20(25-13-15)19(22)23-2/h3-5,9-10,15,20H,6-8,11-13H2,1-2H3. The fourth-order valence-corrected chi connectivity index (χ4v) is 3.03. The van der Waals surface area contributed by atoms with Crippen molar-refractivity contribution in [3.63, 3.8) is 0 Å². The van der Waals surface area contributed by atoms with Crippen LogP contribution in [0, 0.1) is 12.8 Å². The number of carbonyl (C=O) groups excluding carboxylic acids is 1. The minimum absolute atomic E-state index is 0.314. The summed E-state index contributed by atoms with van der Waals surface area (Å²) in [6.07, 6.45) is 3.09. The van der Waals surface area contributed by atoms with Crippen LogP contribution in [0.4, 0.5) is 0 Å². The zero-order valence-electron chi connectivity index (χ0n) is 15.3. The topological polar surface area (TPSA) is 70.8 Å². The maximum Gasteiger partial charge on any atom is 0.363 e. The molecule has 0 radical (unpaired) electrons. The van der Waals surface area contributed by atoms with Crippen molar-refractivity contribution < 1.29 is 23.4 Å². The fourth-order valence-electron chi connectivity index (χ4n) is 3.03. The third-order valence-electron chi connectivity index (χ3n) is 4.55. The number of ether oxygens (including phenoxy) is 3. The number of hydrogen-bond acceptors (Lipinski definition) is 6. The summed E-state index contributed by atoms with van der Waals surface area (Å²) in [5.41, 5.74) is 2.02. The predicted octanol–water partition coefficient (Wildman–Crippen LogP) is 3.52. The van der Waals surface area contributed by atoms with E-state index in [2.05, 4.69) is 9.72 Å². The molecule has 6 nitrogen and oxygen atoms in total. The number of oxazole rings is 1. The Hall–Kier alpha value is -2.18. The second-order valence-corrected chi connectivity index (χ2v) is 6.52. The summed E-state index contributed by atoms with van der Waals surface area (Å²) in [6, 6.07) is 9.94. The van der Waals surface area contributed by atoms with Crippen molar-refractivity contribution in [2.45, 2.75) is 38.9 Å². The van der Waals surface area contributed by atoms with Crippen molar-refractivity contribution in [1.29, 1.82) is 0 Å². The van der Waals surface area contributed by atoms with E-state index in [4.69, 9.17) is 13.9 Å². The smallest absolute Gasteiger partial charge is 0.363 e. The lowest BCUT2D eigenvalue weighted by molar-refractivity contribution is -0.220. The van der Waals surface area contributed by atoms with E-state index >= 15 is 0 Å². The Labute approximate surface area is 153 Å². The van der Waals surface area contributed by atoms with E-state index < -0.39 is 12.3 Å². The van der Waals surface area contributed by atoms with E-state index in [0.29, 0.717) is 25.0 Å². The zero-order valence-corrected chi connectivity index (χ0v) is 15.3. The number of rotatable bonds is 7. The lowest BCUT2D eigenvalue weighted by Gasteiger charge is -2.27. The molecule has 0 unspecified atom stereocenters. The number of aromatic nitrogens is 1. The van der Waals surface area contributed by atoms with Gasteiger partial charge in [0.05, 0.1) is 26.0 Å². The molecule has 0 bridgehead atoms. The minimum Gasteiger partial charge on any atom is -0.465 e. The Balaban J connectivity index is 1.41. The van der Waals surface area contributed by atoms with Crippen molar-refractivity contribution in [3.05, 3.63) is 41.8 Å². The van der Waals surface area contributed by atoms with Gasteiger partial charge in [-0.05, 0) is 38.3 Å². The zero-order chi connectivity index (χ0) is 18.4. The molecular weight excluding hydrogens is 334 g/mol. The molecule has 0 aliphatic carbocycles. The summed E-state index contributed by atoms with van der Waals surface area (Å²) in [5, 5.41) is 0. The molecule has 0 saturated carbocycles. The van der Waals surface area contributed by atoms with E-state index in [1.165, 1.54) is 7.11 Å². The van der Waals surface area contributed by atoms with Gasteiger partial charge in [-0.25, -0.2) is 9.78 Å². The first kappa shape index (κ1) is 18.6. The van der Waals surface area contributed by atoms with Crippen LogP contribution in [0.5, 0.6) is 0 Å². The van der Waals surface area contributed by atoms with Crippen LogP contribution >= 0.6 is 0 Å². The van der Waals surface area contributed by atoms with E-state index in [1.54, 1.807) is 0 Å². The number of methoxy groups -OCH3 is 1. The first-order chi connectivity index (χ1) is 12.7. The van der Waals surface area contributed by atoms with Crippen molar-refractivity contribution in [2.75, 3.05) is 20.3 Å². The van der Waals surface area contributed by atoms with Gasteiger partial charge in [0, 0.05) is 11.5 Å². The van der Waals surface area contributed by atoms with Crippen LogP contribution in [0.25, 0.3) is 11.5 Å². The van der Waals surface area contributed by atoms with Crippen LogP contribution in [-0.2, 0) is 25.4 Å². The lowest BCUT2D eigenvalue weighted by atomic mass is 10.0. The largest absolute Gasteiger partial charge is 0.465 e. The van der Waals surface area contributed by atoms with Crippen LogP contribution < -0.4 is 0 Å². The summed E-state index contributed by atoms with van der Waals surface area (Å²) >= 11 is 0. The van der Waals surface area contributed by atoms with Crippen LogP contribution in [0.1, 0.15) is 30.7 Å². The Bertz CT molecular complexity index is 704. The van der Waals surface area contributed by atoms with Crippen LogP contribution in [0.3, 0.4) is 0 Å². The molecule has 6 heteroatoms. The second kappa shape index (κ2) is 8.96. The average Bonchev–Trinajstić information content (AvgIpc) is 3.06. The number of nitrogens with zero attached hydrogens (tertiary/aromatic N) is 1. The van der Waals surface area contributed by atoms with Gasteiger partial charge in [-0.3, -0.25) is 0 Å². The van der Waals surface area contributed by atoms with Crippen LogP contribution in [0.15, 0.2) is 34.7 Å². The van der Waals surface area contributed by atoms with E-state index in [1.807, 2.05) is 37.3 Å². The molecule has 0 amide bonds. The Morgan fingerprint density at radius 2 is 1.92 bits per heavy atom. The highest BCUT2D eigenvalue weighted by Crippen LogP contribution is 2.23. The predicted molar refractivity (Wildman–Crippen MR) is 95.4 cm³/mol. The normalized spacial score (nSPS) is 20.1. The van der Waals surface area contributed by atoms with Gasteiger partial charge in [0.1, 0.15) is 5.76 Å². The average molecular weight is 359 g/mol. The third-order valence-corrected chi connectivity index (χ3v) is 4.55. The molecule has 3 rings (SSSR count). The Kier molecular flexibility index (Phi) is 6.41. The molecule has 1 fully saturated rings. The molecule has 2 heterocycles. The van der Waals surface area contributed by atoms with Gasteiger partial charge in [-0.2, -0.15) is 0 Å². The molecule has 1 aliphatic heterocycles. The molecule has 1 saturated heterocycles. The SMILES string of the molecule is COC(=O)C1OCC(CCCCc2nc(-c3ccccc3)oc2C)CO1. The van der Waals surface area contributed by atoms with Crippen molar-refractivity contribution in [1.82, 2.24) is 4.98 Å². The molecule has 1 aromatic carbocycles. The number of aryl methyl sites for hydroxylation is 2. The van der Waals surface area contributed by atoms with E-state index in [-0.39, 0.29) is 0 Å². The molecule has 0 spiro atoms. The fraction of sp³-hybridized carbons (Fsp3) is 0.500. The van der Waals surface area contributed by atoms with E-state index in [9.17, 15) is 4.79 Å². The quantitative estimate of drug-likeness (QED) is 0.556. The van der Waals surface area contributed by atoms with Crippen molar-refractivity contribution in [3.8, 4) is 11.5 Å². The van der Waals surface area contributed by atoms with Gasteiger partial charge in [-0.15, -0.1) is 0 Å². The molecule has 2 aromatic rings. The highest BCUT2D eigenvalue weighted by atomic mass is 16.7. The van der Waals surface area contributed by atoms with Gasteiger partial charge >= 0.3 is 5.97 Å². The molecule has 1 aromatic heterocycles. The number of benzene rings is 1. The molecule has 0 atom stereocenters. The number of unbranched alkanes of at least 4 members (excludes halogenated alkanes) is 1. The molecule has 0 N–H and O–H groups in total. The number of esters is 1. The highest BCUT2D eigenvalue weighted by Gasteiger charge is 2.28. The maximum atomic E-state index is 11.3. The van der Waals surface area contributed by atoms with E-state index in [0.717, 1.165) is 42.7 Å². The summed E-state index contributed by atoms with van der Waals surface area (Å²) in [7, 11) is 1.33. The number of hydrogen-bond donors (Lipinski definition) is 0. The highest BCUT2D eigenvalue weighted by molar-refractivity contribution is 5.73. The maximum absolute atomic E-state index is 11.3. The van der Waals surface area contributed by atoms with Gasteiger partial charge in [0.15, 0.2) is 0 Å². The molecular formula is C20H25NO5. The molecule has 26 heavy (non-hydrogen) atoms. The summed E-state index contributed by atoms with van der Waals surface area (Å²) in [6.45, 7) is 3.02. The second-order valence-electron chi connectivity index (χ2n) is 6.52. The molecule has 140 valence electrons. The summed E-state index contributed by atoms with van der Waals surface area (Å²) in [4.78, 5) is 16.0. The van der Waals surface area contributed by atoms with Gasteiger partial charge in [0.25, 0.3) is 6.29 Å². The summed E-state index contributed by atoms with van der Waals surface area (Å²) in [5.74, 6) is 1.41. The third kappa shape index (κ3) is 4.71. The van der Waals surface area contributed by atoms with Crippen molar-refractivity contribution in [2.24, 2.45) is 5.92 Å². The minimum atomic E-state index is -0.870.